The first-order valence-corrected chi connectivity index (χ1v) is 6.32. The molecule has 0 aromatic rings. The van der Waals surface area contributed by atoms with Gasteiger partial charge in [-0.2, -0.15) is 0 Å². The summed E-state index contributed by atoms with van der Waals surface area (Å²) in [5, 5.41) is 10.6. The first kappa shape index (κ1) is 11.5. The van der Waals surface area contributed by atoms with Gasteiger partial charge in [0.25, 0.3) is 0 Å². The maximum absolute atomic E-state index is 9.53. The minimum atomic E-state index is -0.0626. The SMILES string of the molecule is CC1CN(CCCCBr)CCC1O. The number of aliphatic hydroxyl groups excluding tert-OH is 1. The van der Waals surface area contributed by atoms with Crippen LogP contribution in [-0.2, 0) is 0 Å². The van der Waals surface area contributed by atoms with Crippen molar-refractivity contribution in [2.75, 3.05) is 25.0 Å². The van der Waals surface area contributed by atoms with E-state index in [1.54, 1.807) is 0 Å². The zero-order valence-corrected chi connectivity index (χ0v) is 9.96. The predicted octanol–water partition coefficient (Wildman–Crippen LogP) is 1.86. The van der Waals surface area contributed by atoms with Gasteiger partial charge in [0.1, 0.15) is 0 Å². The molecule has 3 heteroatoms. The molecular formula is C10H20BrNO. The lowest BCUT2D eigenvalue weighted by Crippen LogP contribution is -2.42. The topological polar surface area (TPSA) is 23.5 Å². The van der Waals surface area contributed by atoms with E-state index in [2.05, 4.69) is 27.8 Å². The van der Waals surface area contributed by atoms with Crippen molar-refractivity contribution in [1.29, 1.82) is 0 Å². The smallest absolute Gasteiger partial charge is 0.0590 e. The Kier molecular flexibility index (Phi) is 5.29. The van der Waals surface area contributed by atoms with Crippen LogP contribution in [0.4, 0.5) is 0 Å². The van der Waals surface area contributed by atoms with Crippen LogP contribution in [0.1, 0.15) is 26.2 Å². The van der Waals surface area contributed by atoms with Crippen LogP contribution in [0.5, 0.6) is 0 Å². The Balaban J connectivity index is 2.14. The fourth-order valence-electron chi connectivity index (χ4n) is 1.85. The quantitative estimate of drug-likeness (QED) is 0.608. The average Bonchev–Trinajstić information content (AvgIpc) is 2.12. The second-order valence-electron chi connectivity index (χ2n) is 4.03. The molecule has 0 saturated carbocycles. The summed E-state index contributed by atoms with van der Waals surface area (Å²) in [6, 6.07) is 0. The lowest BCUT2D eigenvalue weighted by atomic mass is 9.97. The van der Waals surface area contributed by atoms with Crippen molar-refractivity contribution in [2.24, 2.45) is 5.92 Å². The summed E-state index contributed by atoms with van der Waals surface area (Å²) in [7, 11) is 0. The average molecular weight is 250 g/mol. The number of rotatable bonds is 4. The highest BCUT2D eigenvalue weighted by molar-refractivity contribution is 9.09. The molecule has 0 aliphatic carbocycles. The molecule has 1 fully saturated rings. The number of unbranched alkanes of at least 4 members (excludes halogenated alkanes) is 1. The van der Waals surface area contributed by atoms with Crippen LogP contribution in [0.2, 0.25) is 0 Å². The van der Waals surface area contributed by atoms with Gasteiger partial charge in [-0.3, -0.25) is 0 Å². The molecule has 1 N–H and O–H groups in total. The molecule has 1 aliphatic heterocycles. The number of nitrogens with zero attached hydrogens (tertiary/aromatic N) is 1. The zero-order chi connectivity index (χ0) is 9.68. The minimum Gasteiger partial charge on any atom is -0.393 e. The van der Waals surface area contributed by atoms with E-state index in [-0.39, 0.29) is 6.10 Å². The molecule has 1 heterocycles. The van der Waals surface area contributed by atoms with E-state index >= 15 is 0 Å². The Bertz CT molecular complexity index is 143. The normalized spacial score (nSPS) is 30.7. The number of halogens is 1. The lowest BCUT2D eigenvalue weighted by molar-refractivity contribution is 0.0347. The van der Waals surface area contributed by atoms with Crippen molar-refractivity contribution >= 4 is 15.9 Å². The summed E-state index contributed by atoms with van der Waals surface area (Å²) in [5.41, 5.74) is 0. The van der Waals surface area contributed by atoms with Gasteiger partial charge in [0, 0.05) is 18.4 Å². The highest BCUT2D eigenvalue weighted by Crippen LogP contribution is 2.16. The second-order valence-corrected chi connectivity index (χ2v) is 4.82. The van der Waals surface area contributed by atoms with Gasteiger partial charge in [0.2, 0.25) is 0 Å². The third kappa shape index (κ3) is 3.96. The number of aliphatic hydroxyl groups is 1. The highest BCUT2D eigenvalue weighted by atomic mass is 79.9. The Morgan fingerprint density at radius 3 is 2.85 bits per heavy atom. The van der Waals surface area contributed by atoms with Gasteiger partial charge in [-0.25, -0.2) is 0 Å². The molecule has 2 unspecified atom stereocenters. The summed E-state index contributed by atoms with van der Waals surface area (Å²) in [6.07, 6.45) is 3.42. The molecule has 0 aromatic heterocycles. The Morgan fingerprint density at radius 1 is 1.46 bits per heavy atom. The monoisotopic (exact) mass is 249 g/mol. The molecule has 13 heavy (non-hydrogen) atoms. The van der Waals surface area contributed by atoms with Gasteiger partial charge < -0.3 is 10.0 Å². The molecule has 0 bridgehead atoms. The number of alkyl halides is 1. The molecule has 0 radical (unpaired) electrons. The van der Waals surface area contributed by atoms with Gasteiger partial charge >= 0.3 is 0 Å². The molecule has 0 spiro atoms. The molecule has 0 amide bonds. The van der Waals surface area contributed by atoms with Gasteiger partial charge in [-0.1, -0.05) is 22.9 Å². The molecule has 0 aromatic carbocycles. The summed E-state index contributed by atoms with van der Waals surface area (Å²) >= 11 is 3.44. The van der Waals surface area contributed by atoms with Crippen molar-refractivity contribution in [3.63, 3.8) is 0 Å². The first-order valence-electron chi connectivity index (χ1n) is 5.20. The summed E-state index contributed by atoms with van der Waals surface area (Å²) in [4.78, 5) is 2.47. The van der Waals surface area contributed by atoms with Gasteiger partial charge in [0.05, 0.1) is 6.10 Å². The minimum absolute atomic E-state index is 0.0626. The van der Waals surface area contributed by atoms with Crippen molar-refractivity contribution < 1.29 is 5.11 Å². The van der Waals surface area contributed by atoms with Crippen LogP contribution in [0.15, 0.2) is 0 Å². The maximum atomic E-state index is 9.53. The fourth-order valence-corrected chi connectivity index (χ4v) is 2.25. The molecule has 1 aliphatic rings. The Labute approximate surface area is 89.4 Å². The Morgan fingerprint density at radius 2 is 2.23 bits per heavy atom. The standard InChI is InChI=1S/C10H20BrNO/c1-9-8-12(6-3-2-5-11)7-4-10(9)13/h9-10,13H,2-8H2,1H3. The van der Waals surface area contributed by atoms with Crippen LogP contribution in [0, 0.1) is 5.92 Å². The van der Waals surface area contributed by atoms with Crippen molar-refractivity contribution in [3.8, 4) is 0 Å². The molecule has 1 saturated heterocycles. The fraction of sp³-hybridized carbons (Fsp3) is 1.00. The molecule has 1 rings (SSSR count). The van der Waals surface area contributed by atoms with Gasteiger partial charge in [-0.05, 0) is 31.7 Å². The summed E-state index contributed by atoms with van der Waals surface area (Å²) in [6.45, 7) is 5.49. The van der Waals surface area contributed by atoms with Crippen LogP contribution >= 0.6 is 15.9 Å². The maximum Gasteiger partial charge on any atom is 0.0590 e. The summed E-state index contributed by atoms with van der Waals surface area (Å²) in [5.74, 6) is 0.456. The van der Waals surface area contributed by atoms with E-state index in [0.29, 0.717) is 5.92 Å². The van der Waals surface area contributed by atoms with Crippen LogP contribution in [0.3, 0.4) is 0 Å². The third-order valence-corrected chi connectivity index (χ3v) is 3.36. The van der Waals surface area contributed by atoms with Crippen molar-refractivity contribution in [3.05, 3.63) is 0 Å². The van der Waals surface area contributed by atoms with Crippen molar-refractivity contribution in [2.45, 2.75) is 32.3 Å². The largest absolute Gasteiger partial charge is 0.393 e. The molecule has 2 atom stereocenters. The second kappa shape index (κ2) is 5.99. The first-order chi connectivity index (χ1) is 6.24. The number of likely N-dealkylation sites (tertiary alicyclic amines) is 1. The van der Waals surface area contributed by atoms with Gasteiger partial charge in [0.15, 0.2) is 0 Å². The van der Waals surface area contributed by atoms with E-state index in [0.717, 1.165) is 24.8 Å². The highest BCUT2D eigenvalue weighted by Gasteiger charge is 2.23. The van der Waals surface area contributed by atoms with Crippen LogP contribution in [0.25, 0.3) is 0 Å². The number of piperidine rings is 1. The number of hydrogen-bond donors (Lipinski definition) is 1. The summed E-state index contributed by atoms with van der Waals surface area (Å²) < 4.78 is 0. The van der Waals surface area contributed by atoms with E-state index in [9.17, 15) is 5.11 Å². The van der Waals surface area contributed by atoms with E-state index in [1.165, 1.54) is 19.4 Å². The number of hydrogen-bond acceptors (Lipinski definition) is 2. The lowest BCUT2D eigenvalue weighted by Gasteiger charge is -2.34. The van der Waals surface area contributed by atoms with Crippen LogP contribution in [-0.4, -0.2) is 41.1 Å². The predicted molar refractivity (Wildman–Crippen MR) is 59.3 cm³/mol. The third-order valence-electron chi connectivity index (χ3n) is 2.80. The van der Waals surface area contributed by atoms with Gasteiger partial charge in [-0.15, -0.1) is 0 Å². The van der Waals surface area contributed by atoms with Crippen molar-refractivity contribution in [1.82, 2.24) is 4.90 Å². The van der Waals surface area contributed by atoms with E-state index < -0.39 is 0 Å². The van der Waals surface area contributed by atoms with Crippen LogP contribution < -0.4 is 0 Å². The molecule has 2 nitrogen and oxygen atoms in total. The van der Waals surface area contributed by atoms with E-state index in [1.807, 2.05) is 0 Å². The molecule has 78 valence electrons. The zero-order valence-electron chi connectivity index (χ0n) is 8.38. The molecular weight excluding hydrogens is 230 g/mol. The van der Waals surface area contributed by atoms with E-state index in [4.69, 9.17) is 0 Å². The Hall–Kier alpha value is 0.400.